The normalized spacial score (nSPS) is 10.7. The van der Waals surface area contributed by atoms with Gasteiger partial charge in [-0.15, -0.1) is 11.3 Å². The molecule has 0 bridgehead atoms. The molecule has 0 atom stereocenters. The van der Waals surface area contributed by atoms with Gasteiger partial charge in [0, 0.05) is 19.0 Å². The first-order valence-electron chi connectivity index (χ1n) is 6.78. The van der Waals surface area contributed by atoms with Gasteiger partial charge in [-0.2, -0.15) is 0 Å². The van der Waals surface area contributed by atoms with Gasteiger partial charge in [-0.1, -0.05) is 12.1 Å². The maximum Gasteiger partial charge on any atom is 0.225 e. The van der Waals surface area contributed by atoms with E-state index in [1.807, 2.05) is 43.3 Å². The monoisotopic (exact) mass is 297 g/mol. The van der Waals surface area contributed by atoms with E-state index in [1.165, 1.54) is 0 Å². The number of carbonyl (C=O) groups excluding carboxylic acids is 1. The van der Waals surface area contributed by atoms with Gasteiger partial charge in [0.25, 0.3) is 0 Å². The maximum atomic E-state index is 11.9. The fraction of sp³-hybridized carbons (Fsp3) is 0.188. The molecule has 106 valence electrons. The highest BCUT2D eigenvalue weighted by atomic mass is 32.1. The van der Waals surface area contributed by atoms with E-state index < -0.39 is 0 Å². The molecule has 2 heterocycles. The number of rotatable bonds is 4. The smallest absolute Gasteiger partial charge is 0.225 e. The molecule has 0 aliphatic carbocycles. The molecule has 3 rings (SSSR count). The number of nitrogens with zero attached hydrogens (tertiary/aromatic N) is 2. The first-order valence-corrected chi connectivity index (χ1v) is 7.59. The van der Waals surface area contributed by atoms with Crippen LogP contribution in [-0.4, -0.2) is 15.9 Å². The Morgan fingerprint density at radius 1 is 1.29 bits per heavy atom. The van der Waals surface area contributed by atoms with Crippen molar-refractivity contribution in [3.8, 4) is 0 Å². The summed E-state index contributed by atoms with van der Waals surface area (Å²) in [5, 5.41) is 3.80. The van der Waals surface area contributed by atoms with Crippen molar-refractivity contribution in [1.82, 2.24) is 9.97 Å². The molecule has 0 unspecified atom stereocenters. The van der Waals surface area contributed by atoms with Crippen LogP contribution in [0, 0.1) is 6.92 Å². The SMILES string of the molecule is Cc1ccnc(NC(=O)CCc2nc3ccccc3s2)c1. The zero-order valence-electron chi connectivity index (χ0n) is 11.7. The van der Waals surface area contributed by atoms with Crippen molar-refractivity contribution < 1.29 is 4.79 Å². The van der Waals surface area contributed by atoms with Crippen molar-refractivity contribution in [2.45, 2.75) is 19.8 Å². The van der Waals surface area contributed by atoms with E-state index in [4.69, 9.17) is 0 Å². The van der Waals surface area contributed by atoms with Crippen molar-refractivity contribution in [1.29, 1.82) is 0 Å². The lowest BCUT2D eigenvalue weighted by Gasteiger charge is -2.03. The quantitative estimate of drug-likeness (QED) is 0.801. The van der Waals surface area contributed by atoms with Gasteiger partial charge in [0.05, 0.1) is 15.2 Å². The number of nitrogens with one attached hydrogen (secondary N) is 1. The van der Waals surface area contributed by atoms with Crippen LogP contribution in [0.25, 0.3) is 10.2 Å². The highest BCUT2D eigenvalue weighted by molar-refractivity contribution is 7.18. The molecule has 0 radical (unpaired) electrons. The number of carbonyl (C=O) groups is 1. The fourth-order valence-electron chi connectivity index (χ4n) is 2.06. The van der Waals surface area contributed by atoms with Crippen LogP contribution in [0.5, 0.6) is 0 Å². The maximum absolute atomic E-state index is 11.9. The van der Waals surface area contributed by atoms with E-state index in [-0.39, 0.29) is 5.91 Å². The lowest BCUT2D eigenvalue weighted by Crippen LogP contribution is -2.13. The minimum Gasteiger partial charge on any atom is -0.311 e. The summed E-state index contributed by atoms with van der Waals surface area (Å²) in [5.74, 6) is 0.566. The van der Waals surface area contributed by atoms with Gasteiger partial charge < -0.3 is 5.32 Å². The van der Waals surface area contributed by atoms with E-state index in [1.54, 1.807) is 17.5 Å². The summed E-state index contributed by atoms with van der Waals surface area (Å²) < 4.78 is 1.16. The highest BCUT2D eigenvalue weighted by Crippen LogP contribution is 2.22. The number of para-hydroxylation sites is 1. The second kappa shape index (κ2) is 6.01. The molecule has 1 N–H and O–H groups in total. The van der Waals surface area contributed by atoms with E-state index in [0.29, 0.717) is 18.7 Å². The van der Waals surface area contributed by atoms with Crippen molar-refractivity contribution in [3.63, 3.8) is 0 Å². The Labute approximate surface area is 126 Å². The number of amides is 1. The van der Waals surface area contributed by atoms with E-state index in [0.717, 1.165) is 20.8 Å². The predicted molar refractivity (Wildman–Crippen MR) is 85.5 cm³/mol. The topological polar surface area (TPSA) is 54.9 Å². The van der Waals surface area contributed by atoms with Crippen LogP contribution in [0.4, 0.5) is 5.82 Å². The first kappa shape index (κ1) is 13.7. The third kappa shape index (κ3) is 3.44. The molecular formula is C16H15N3OS. The minimum absolute atomic E-state index is 0.0349. The molecule has 0 saturated carbocycles. The Balaban J connectivity index is 1.60. The van der Waals surface area contributed by atoms with E-state index in [9.17, 15) is 4.79 Å². The molecule has 21 heavy (non-hydrogen) atoms. The van der Waals surface area contributed by atoms with Gasteiger partial charge >= 0.3 is 0 Å². The zero-order valence-corrected chi connectivity index (χ0v) is 12.5. The molecule has 5 heteroatoms. The molecule has 2 aromatic heterocycles. The Morgan fingerprint density at radius 2 is 2.14 bits per heavy atom. The van der Waals surface area contributed by atoms with Crippen LogP contribution < -0.4 is 5.32 Å². The predicted octanol–water partition coefficient (Wildman–Crippen LogP) is 3.57. The number of benzene rings is 1. The summed E-state index contributed by atoms with van der Waals surface area (Å²) in [7, 11) is 0. The lowest BCUT2D eigenvalue weighted by atomic mass is 10.3. The molecule has 3 aromatic rings. The van der Waals surface area contributed by atoms with Crippen molar-refractivity contribution >= 4 is 33.3 Å². The number of aromatic nitrogens is 2. The number of hydrogen-bond acceptors (Lipinski definition) is 4. The van der Waals surface area contributed by atoms with Crippen molar-refractivity contribution in [2.24, 2.45) is 0 Å². The molecule has 4 nitrogen and oxygen atoms in total. The molecule has 0 saturated heterocycles. The average molecular weight is 297 g/mol. The zero-order chi connectivity index (χ0) is 14.7. The molecular weight excluding hydrogens is 282 g/mol. The van der Waals surface area contributed by atoms with Crippen molar-refractivity contribution in [2.75, 3.05) is 5.32 Å². The van der Waals surface area contributed by atoms with Gasteiger partial charge in [0.2, 0.25) is 5.91 Å². The van der Waals surface area contributed by atoms with E-state index >= 15 is 0 Å². The number of anilines is 1. The average Bonchev–Trinajstić information content (AvgIpc) is 2.88. The molecule has 0 spiro atoms. The second-order valence-electron chi connectivity index (χ2n) is 4.84. The lowest BCUT2D eigenvalue weighted by molar-refractivity contribution is -0.116. The molecule has 0 aliphatic heterocycles. The van der Waals surface area contributed by atoms with Gasteiger partial charge in [-0.05, 0) is 36.8 Å². The molecule has 1 amide bonds. The largest absolute Gasteiger partial charge is 0.311 e. The number of thiazole rings is 1. The molecule has 1 aromatic carbocycles. The number of pyridine rings is 1. The first-order chi connectivity index (χ1) is 10.2. The summed E-state index contributed by atoms with van der Waals surface area (Å²) in [6.07, 6.45) is 2.75. The molecule has 0 fully saturated rings. The third-order valence-electron chi connectivity index (χ3n) is 3.09. The van der Waals surface area contributed by atoms with Gasteiger partial charge in [0.1, 0.15) is 5.82 Å². The van der Waals surface area contributed by atoms with Gasteiger partial charge in [0.15, 0.2) is 0 Å². The summed E-state index contributed by atoms with van der Waals surface area (Å²) in [5.41, 5.74) is 2.07. The number of fused-ring (bicyclic) bond motifs is 1. The second-order valence-corrected chi connectivity index (χ2v) is 5.96. The van der Waals surface area contributed by atoms with Crippen molar-refractivity contribution in [3.05, 3.63) is 53.2 Å². The summed E-state index contributed by atoms with van der Waals surface area (Å²) in [6.45, 7) is 1.97. The molecule has 0 aliphatic rings. The van der Waals surface area contributed by atoms with Gasteiger partial charge in [-0.3, -0.25) is 4.79 Å². The van der Waals surface area contributed by atoms with Crippen LogP contribution in [0.15, 0.2) is 42.6 Å². The minimum atomic E-state index is -0.0349. The van der Waals surface area contributed by atoms with Crippen LogP contribution >= 0.6 is 11.3 Å². The number of aryl methyl sites for hydroxylation is 2. The Kier molecular flexibility index (Phi) is 3.92. The van der Waals surface area contributed by atoms with Crippen LogP contribution in [-0.2, 0) is 11.2 Å². The standard InChI is InChI=1S/C16H15N3OS/c1-11-8-9-17-14(10-11)19-15(20)6-7-16-18-12-4-2-3-5-13(12)21-16/h2-5,8-10H,6-7H2,1H3,(H,17,19,20). The Morgan fingerprint density at radius 3 is 2.95 bits per heavy atom. The fourth-order valence-corrected chi connectivity index (χ4v) is 3.02. The van der Waals surface area contributed by atoms with Crippen LogP contribution in [0.2, 0.25) is 0 Å². The van der Waals surface area contributed by atoms with Gasteiger partial charge in [-0.25, -0.2) is 9.97 Å². The van der Waals surface area contributed by atoms with Crippen LogP contribution in [0.1, 0.15) is 17.0 Å². The van der Waals surface area contributed by atoms with Crippen LogP contribution in [0.3, 0.4) is 0 Å². The Bertz CT molecular complexity index is 749. The van der Waals surface area contributed by atoms with E-state index in [2.05, 4.69) is 15.3 Å². The summed E-state index contributed by atoms with van der Waals surface area (Å²) in [6, 6.07) is 11.8. The number of hydrogen-bond donors (Lipinski definition) is 1. The summed E-state index contributed by atoms with van der Waals surface area (Å²) >= 11 is 1.64. The third-order valence-corrected chi connectivity index (χ3v) is 4.18. The summed E-state index contributed by atoms with van der Waals surface area (Å²) in [4.78, 5) is 20.6. The highest BCUT2D eigenvalue weighted by Gasteiger charge is 2.07. The Hall–Kier alpha value is -2.27.